The molecule has 0 spiro atoms. The van der Waals surface area contributed by atoms with Crippen LogP contribution in [0.2, 0.25) is 0 Å². The Labute approximate surface area is 137 Å². The van der Waals surface area contributed by atoms with Gasteiger partial charge in [-0.3, -0.25) is 10.1 Å². The van der Waals surface area contributed by atoms with Crippen molar-refractivity contribution in [3.05, 3.63) is 72.9 Å². The molecule has 2 aromatic rings. The molecule has 0 aliphatic carbocycles. The second-order valence-electron chi connectivity index (χ2n) is 5.12. The van der Waals surface area contributed by atoms with E-state index >= 15 is 0 Å². The first-order valence-electron chi connectivity index (χ1n) is 7.07. The molecule has 2 aromatic heterocycles. The zero-order valence-electron chi connectivity index (χ0n) is 12.0. The lowest BCUT2D eigenvalue weighted by atomic mass is 9.91. The van der Waals surface area contributed by atoms with Crippen LogP contribution in [-0.4, -0.2) is 22.9 Å². The number of nitrogens with zero attached hydrogens (tertiary/aromatic N) is 2. The van der Waals surface area contributed by atoms with E-state index in [9.17, 15) is 10.1 Å². The van der Waals surface area contributed by atoms with E-state index in [1.807, 2.05) is 4.90 Å². The molecule has 0 radical (unpaired) electrons. The molecule has 1 fully saturated rings. The van der Waals surface area contributed by atoms with Crippen LogP contribution in [0.1, 0.15) is 24.0 Å². The van der Waals surface area contributed by atoms with Gasteiger partial charge < -0.3 is 4.90 Å². The Hall–Kier alpha value is -1.92. The molecule has 3 heterocycles. The molecule has 0 aromatic carbocycles. The molecule has 0 amide bonds. The summed E-state index contributed by atoms with van der Waals surface area (Å²) in [6.45, 7) is 1.66. The SMILES string of the molecule is O=[N+]([O-])/C=C/N1CCC(=C(c2ccsc2)c2ccsc2)CC1. The van der Waals surface area contributed by atoms with E-state index in [1.165, 1.54) is 22.3 Å². The third-order valence-electron chi connectivity index (χ3n) is 3.77. The first-order valence-corrected chi connectivity index (χ1v) is 8.95. The van der Waals surface area contributed by atoms with Crippen molar-refractivity contribution >= 4 is 28.2 Å². The highest BCUT2D eigenvalue weighted by molar-refractivity contribution is 7.08. The van der Waals surface area contributed by atoms with E-state index in [4.69, 9.17) is 0 Å². The van der Waals surface area contributed by atoms with E-state index in [1.54, 1.807) is 28.9 Å². The highest BCUT2D eigenvalue weighted by Gasteiger charge is 2.18. The standard InChI is InChI=1S/C16H16N2O2S2/c19-18(20)8-7-17-5-1-13(2-6-17)16(14-3-9-21-11-14)15-4-10-22-12-15/h3-4,7-12H,1-2,5-6H2/b8-7+. The smallest absolute Gasteiger partial charge is 0.250 e. The van der Waals surface area contributed by atoms with Crippen LogP contribution in [0.25, 0.3) is 5.57 Å². The fourth-order valence-electron chi connectivity index (χ4n) is 2.73. The van der Waals surface area contributed by atoms with Crippen molar-refractivity contribution in [3.63, 3.8) is 0 Å². The second kappa shape index (κ2) is 6.89. The molecule has 1 saturated heterocycles. The summed E-state index contributed by atoms with van der Waals surface area (Å²) in [7, 11) is 0. The normalized spacial score (nSPS) is 15.5. The Morgan fingerprint density at radius 1 is 1.14 bits per heavy atom. The number of thiophene rings is 2. The van der Waals surface area contributed by atoms with Crippen LogP contribution in [0.4, 0.5) is 0 Å². The Bertz CT molecular complexity index is 642. The molecule has 22 heavy (non-hydrogen) atoms. The molecule has 4 nitrogen and oxygen atoms in total. The van der Waals surface area contributed by atoms with Gasteiger partial charge in [0.1, 0.15) is 0 Å². The van der Waals surface area contributed by atoms with E-state index in [0.29, 0.717) is 0 Å². The Balaban J connectivity index is 1.83. The Kier molecular flexibility index (Phi) is 4.70. The van der Waals surface area contributed by atoms with Crippen LogP contribution in [0.15, 0.2) is 51.6 Å². The molecular weight excluding hydrogens is 316 g/mol. The zero-order chi connectivity index (χ0) is 15.4. The molecule has 6 heteroatoms. The number of hydrogen-bond acceptors (Lipinski definition) is 5. The zero-order valence-corrected chi connectivity index (χ0v) is 13.6. The van der Waals surface area contributed by atoms with Crippen LogP contribution in [-0.2, 0) is 0 Å². The number of rotatable bonds is 4. The lowest BCUT2D eigenvalue weighted by molar-refractivity contribution is -0.403. The summed E-state index contributed by atoms with van der Waals surface area (Å²) < 4.78 is 0. The van der Waals surface area contributed by atoms with Gasteiger partial charge in [-0.25, -0.2) is 0 Å². The Morgan fingerprint density at radius 3 is 2.18 bits per heavy atom. The fourth-order valence-corrected chi connectivity index (χ4v) is 4.02. The van der Waals surface area contributed by atoms with Crippen LogP contribution in [0.5, 0.6) is 0 Å². The van der Waals surface area contributed by atoms with Gasteiger partial charge in [0.25, 0.3) is 0 Å². The van der Waals surface area contributed by atoms with Gasteiger partial charge in [0, 0.05) is 13.1 Å². The molecule has 0 atom stereocenters. The van der Waals surface area contributed by atoms with E-state index in [2.05, 4.69) is 33.7 Å². The second-order valence-corrected chi connectivity index (χ2v) is 6.68. The third-order valence-corrected chi connectivity index (χ3v) is 5.14. The van der Waals surface area contributed by atoms with Crippen molar-refractivity contribution in [1.29, 1.82) is 0 Å². The summed E-state index contributed by atoms with van der Waals surface area (Å²) in [5, 5.41) is 19.0. The van der Waals surface area contributed by atoms with Gasteiger partial charge >= 0.3 is 0 Å². The number of nitro groups is 1. The fraction of sp³-hybridized carbons (Fsp3) is 0.250. The molecule has 0 bridgehead atoms. The first-order chi connectivity index (χ1) is 10.7. The third kappa shape index (κ3) is 3.45. The summed E-state index contributed by atoms with van der Waals surface area (Å²) in [5.74, 6) is 0. The minimum absolute atomic E-state index is 0.409. The summed E-state index contributed by atoms with van der Waals surface area (Å²) in [5.41, 5.74) is 5.36. The quantitative estimate of drug-likeness (QED) is 0.613. The maximum absolute atomic E-state index is 10.4. The van der Waals surface area contributed by atoms with Crippen molar-refractivity contribution in [2.75, 3.05) is 13.1 Å². The molecular formula is C16H16N2O2S2. The average Bonchev–Trinajstić information content (AvgIpc) is 3.20. The van der Waals surface area contributed by atoms with Crippen LogP contribution >= 0.6 is 22.7 Å². The highest BCUT2D eigenvalue weighted by Crippen LogP contribution is 2.34. The number of likely N-dealkylation sites (tertiary alicyclic amines) is 1. The van der Waals surface area contributed by atoms with Crippen molar-refractivity contribution in [2.45, 2.75) is 12.8 Å². The minimum Gasteiger partial charge on any atom is -0.372 e. The van der Waals surface area contributed by atoms with Gasteiger partial charge in [-0.15, -0.1) is 0 Å². The lowest BCUT2D eigenvalue weighted by Gasteiger charge is -2.28. The number of hydrogen-bond donors (Lipinski definition) is 0. The molecule has 1 aliphatic rings. The van der Waals surface area contributed by atoms with Gasteiger partial charge in [-0.05, 0) is 63.2 Å². The maximum atomic E-state index is 10.4. The summed E-state index contributed by atoms with van der Waals surface area (Å²) in [6.07, 6.45) is 4.51. The molecule has 0 saturated carbocycles. The summed E-state index contributed by atoms with van der Waals surface area (Å²) in [4.78, 5) is 12.0. The van der Waals surface area contributed by atoms with Crippen molar-refractivity contribution in [1.82, 2.24) is 4.90 Å². The first kappa shape index (κ1) is 15.0. The van der Waals surface area contributed by atoms with Crippen molar-refractivity contribution in [3.8, 4) is 0 Å². The van der Waals surface area contributed by atoms with Crippen LogP contribution in [0.3, 0.4) is 0 Å². The molecule has 0 N–H and O–H groups in total. The van der Waals surface area contributed by atoms with Gasteiger partial charge in [0.15, 0.2) is 0 Å². The van der Waals surface area contributed by atoms with Crippen molar-refractivity contribution in [2.24, 2.45) is 0 Å². The topological polar surface area (TPSA) is 46.4 Å². The van der Waals surface area contributed by atoms with Gasteiger partial charge in [-0.2, -0.15) is 22.7 Å². The van der Waals surface area contributed by atoms with Crippen LogP contribution in [0, 0.1) is 10.1 Å². The van der Waals surface area contributed by atoms with Gasteiger partial charge in [0.2, 0.25) is 6.20 Å². The average molecular weight is 332 g/mol. The monoisotopic (exact) mass is 332 g/mol. The Morgan fingerprint density at radius 2 is 1.73 bits per heavy atom. The summed E-state index contributed by atoms with van der Waals surface area (Å²) >= 11 is 3.43. The van der Waals surface area contributed by atoms with Crippen LogP contribution < -0.4 is 0 Å². The van der Waals surface area contributed by atoms with Gasteiger partial charge in [0.05, 0.1) is 11.1 Å². The largest absolute Gasteiger partial charge is 0.372 e. The molecule has 0 unspecified atom stereocenters. The van der Waals surface area contributed by atoms with E-state index in [0.717, 1.165) is 32.1 Å². The number of piperidine rings is 1. The maximum Gasteiger partial charge on any atom is 0.250 e. The molecule has 114 valence electrons. The summed E-state index contributed by atoms with van der Waals surface area (Å²) in [6, 6.07) is 4.34. The minimum atomic E-state index is -0.409. The predicted octanol–water partition coefficient (Wildman–Crippen LogP) is 4.46. The highest BCUT2D eigenvalue weighted by atomic mass is 32.1. The molecule has 3 rings (SSSR count). The van der Waals surface area contributed by atoms with Gasteiger partial charge in [-0.1, -0.05) is 5.57 Å². The molecule has 1 aliphatic heterocycles. The van der Waals surface area contributed by atoms with E-state index in [-0.39, 0.29) is 0 Å². The van der Waals surface area contributed by atoms with E-state index < -0.39 is 4.92 Å². The lowest BCUT2D eigenvalue weighted by Crippen LogP contribution is -2.26. The predicted molar refractivity (Wildman–Crippen MR) is 91.6 cm³/mol. The van der Waals surface area contributed by atoms with Crippen molar-refractivity contribution < 1.29 is 4.92 Å².